The molecule has 1 amide bonds. The second kappa shape index (κ2) is 5.80. The molecule has 2 aromatic rings. The number of primary sulfonamides is 1. The van der Waals surface area contributed by atoms with Gasteiger partial charge in [0.15, 0.2) is 5.82 Å². The first-order valence-electron chi connectivity index (χ1n) is 5.67. The second-order valence-electron chi connectivity index (χ2n) is 4.13. The quantitative estimate of drug-likeness (QED) is 0.906. The number of hydrogen-bond donors (Lipinski definition) is 2. The molecule has 21 heavy (non-hydrogen) atoms. The molecule has 2 aromatic carbocycles. The van der Waals surface area contributed by atoms with Crippen LogP contribution in [0.25, 0.3) is 0 Å². The van der Waals surface area contributed by atoms with E-state index in [0.29, 0.717) is 0 Å². The summed E-state index contributed by atoms with van der Waals surface area (Å²) in [5.41, 5.74) is -0.0746. The van der Waals surface area contributed by atoms with Crippen LogP contribution >= 0.6 is 11.6 Å². The van der Waals surface area contributed by atoms with Crippen LogP contribution in [0, 0.1) is 5.82 Å². The molecule has 0 atom stereocenters. The normalized spacial score (nSPS) is 11.2. The van der Waals surface area contributed by atoms with Crippen molar-refractivity contribution in [2.75, 3.05) is 5.32 Å². The lowest BCUT2D eigenvalue weighted by atomic mass is 10.2. The molecule has 0 heterocycles. The first-order chi connectivity index (χ1) is 9.79. The van der Waals surface area contributed by atoms with Crippen LogP contribution in [0.5, 0.6) is 0 Å². The Hall–Kier alpha value is -1.96. The van der Waals surface area contributed by atoms with Crippen molar-refractivity contribution < 1.29 is 17.6 Å². The third-order valence-electron chi connectivity index (χ3n) is 2.62. The molecule has 0 aliphatic heterocycles. The number of anilines is 1. The number of amides is 1. The van der Waals surface area contributed by atoms with Crippen LogP contribution in [0.2, 0.25) is 5.02 Å². The van der Waals surface area contributed by atoms with Gasteiger partial charge in [-0.25, -0.2) is 17.9 Å². The first kappa shape index (κ1) is 15.4. The number of halogens is 2. The van der Waals surface area contributed by atoms with Crippen LogP contribution in [-0.2, 0) is 10.0 Å². The van der Waals surface area contributed by atoms with Crippen LogP contribution < -0.4 is 10.5 Å². The molecule has 0 spiro atoms. The van der Waals surface area contributed by atoms with Gasteiger partial charge in [-0.2, -0.15) is 0 Å². The van der Waals surface area contributed by atoms with Crippen LogP contribution in [0.4, 0.5) is 10.1 Å². The molecule has 0 radical (unpaired) electrons. The number of hydrogen-bond acceptors (Lipinski definition) is 3. The largest absolute Gasteiger partial charge is 0.322 e. The highest BCUT2D eigenvalue weighted by molar-refractivity contribution is 7.89. The summed E-state index contributed by atoms with van der Waals surface area (Å²) in [5.74, 6) is -1.60. The number of sulfonamides is 1. The van der Waals surface area contributed by atoms with Crippen molar-refractivity contribution in [3.63, 3.8) is 0 Å². The summed E-state index contributed by atoms with van der Waals surface area (Å²) in [7, 11) is -3.89. The molecule has 0 saturated carbocycles. The van der Waals surface area contributed by atoms with Crippen molar-refractivity contribution in [1.29, 1.82) is 0 Å². The predicted molar refractivity (Wildman–Crippen MR) is 77.2 cm³/mol. The van der Waals surface area contributed by atoms with E-state index in [1.165, 1.54) is 42.5 Å². The minimum absolute atomic E-state index is 0.160. The highest BCUT2D eigenvalue weighted by Gasteiger charge is 2.15. The molecule has 3 N–H and O–H groups in total. The Morgan fingerprint density at radius 2 is 1.86 bits per heavy atom. The van der Waals surface area contributed by atoms with E-state index in [0.717, 1.165) is 0 Å². The van der Waals surface area contributed by atoms with Crippen LogP contribution in [0.15, 0.2) is 47.4 Å². The summed E-state index contributed by atoms with van der Waals surface area (Å²) in [5, 5.41) is 7.20. The van der Waals surface area contributed by atoms with Gasteiger partial charge in [-0.05, 0) is 30.3 Å². The number of carbonyl (C=O) groups excluding carboxylic acids is 1. The fraction of sp³-hybridized carbons (Fsp3) is 0. The van der Waals surface area contributed by atoms with E-state index < -0.39 is 21.7 Å². The van der Waals surface area contributed by atoms with E-state index in [1.807, 2.05) is 0 Å². The van der Waals surface area contributed by atoms with Gasteiger partial charge in [-0.1, -0.05) is 23.7 Å². The Bertz CT molecular complexity index is 809. The van der Waals surface area contributed by atoms with Crippen LogP contribution in [0.3, 0.4) is 0 Å². The Kier molecular flexibility index (Phi) is 4.26. The van der Waals surface area contributed by atoms with Gasteiger partial charge in [0.1, 0.15) is 0 Å². The van der Waals surface area contributed by atoms with E-state index in [9.17, 15) is 17.6 Å². The second-order valence-corrected chi connectivity index (χ2v) is 6.10. The molecule has 0 bridgehead atoms. The zero-order chi connectivity index (χ0) is 15.6. The average Bonchev–Trinajstić information content (AvgIpc) is 2.41. The summed E-state index contributed by atoms with van der Waals surface area (Å²) in [6.45, 7) is 0. The molecule has 0 aliphatic carbocycles. The maximum atomic E-state index is 13.7. The first-order valence-corrected chi connectivity index (χ1v) is 7.59. The standard InChI is InChI=1S/C13H10ClFN2O3S/c14-11-6-2-5-10(12(11)15)13(18)17-8-3-1-4-9(7-8)21(16,19)20/h1-7H,(H,17,18)(H2,16,19,20). The minimum Gasteiger partial charge on any atom is -0.322 e. The predicted octanol–water partition coefficient (Wildman–Crippen LogP) is 2.38. The van der Waals surface area contributed by atoms with Gasteiger partial charge in [0.2, 0.25) is 10.0 Å². The van der Waals surface area contributed by atoms with E-state index in [1.54, 1.807) is 0 Å². The Balaban J connectivity index is 2.30. The monoisotopic (exact) mass is 328 g/mol. The molecule has 110 valence electrons. The highest BCUT2D eigenvalue weighted by Crippen LogP contribution is 2.20. The molecule has 8 heteroatoms. The van der Waals surface area contributed by atoms with Crippen molar-refractivity contribution in [2.24, 2.45) is 5.14 Å². The summed E-state index contributed by atoms with van der Waals surface area (Å²) >= 11 is 5.60. The Labute approximate surface area is 125 Å². The van der Waals surface area contributed by atoms with Crippen molar-refractivity contribution in [2.45, 2.75) is 4.90 Å². The number of rotatable bonds is 3. The third-order valence-corrected chi connectivity index (χ3v) is 3.82. The number of benzene rings is 2. The molecule has 0 saturated heterocycles. The minimum atomic E-state index is -3.89. The van der Waals surface area contributed by atoms with Gasteiger partial charge >= 0.3 is 0 Å². The summed E-state index contributed by atoms with van der Waals surface area (Å²) in [6, 6.07) is 9.33. The maximum Gasteiger partial charge on any atom is 0.258 e. The number of nitrogens with one attached hydrogen (secondary N) is 1. The maximum absolute atomic E-state index is 13.7. The van der Waals surface area contributed by atoms with Gasteiger partial charge in [0.05, 0.1) is 15.5 Å². The van der Waals surface area contributed by atoms with Gasteiger partial charge in [0.25, 0.3) is 5.91 Å². The van der Waals surface area contributed by atoms with Gasteiger partial charge in [0, 0.05) is 5.69 Å². The molecular formula is C13H10ClFN2O3S. The van der Waals surface area contributed by atoms with Gasteiger partial charge in [-0.15, -0.1) is 0 Å². The molecule has 5 nitrogen and oxygen atoms in total. The number of carbonyl (C=O) groups is 1. The summed E-state index contributed by atoms with van der Waals surface area (Å²) in [6.07, 6.45) is 0. The number of nitrogens with two attached hydrogens (primary N) is 1. The zero-order valence-electron chi connectivity index (χ0n) is 10.5. The highest BCUT2D eigenvalue weighted by atomic mass is 35.5. The van der Waals surface area contributed by atoms with Crippen molar-refractivity contribution in [1.82, 2.24) is 0 Å². The lowest BCUT2D eigenvalue weighted by Crippen LogP contribution is -2.15. The Morgan fingerprint density at radius 1 is 1.19 bits per heavy atom. The molecule has 2 rings (SSSR count). The van der Waals surface area contributed by atoms with Gasteiger partial charge < -0.3 is 5.32 Å². The molecule has 0 unspecified atom stereocenters. The Morgan fingerprint density at radius 3 is 2.52 bits per heavy atom. The van der Waals surface area contributed by atoms with E-state index >= 15 is 0 Å². The summed E-state index contributed by atoms with van der Waals surface area (Å²) in [4.78, 5) is 11.8. The average molecular weight is 329 g/mol. The van der Waals surface area contributed by atoms with E-state index in [4.69, 9.17) is 16.7 Å². The lowest BCUT2D eigenvalue weighted by Gasteiger charge is -2.08. The molecule has 0 fully saturated rings. The smallest absolute Gasteiger partial charge is 0.258 e. The molecular weight excluding hydrogens is 319 g/mol. The van der Waals surface area contributed by atoms with Crippen molar-refractivity contribution in [3.8, 4) is 0 Å². The fourth-order valence-corrected chi connectivity index (χ4v) is 2.36. The topological polar surface area (TPSA) is 89.3 Å². The van der Waals surface area contributed by atoms with Crippen LogP contribution in [0.1, 0.15) is 10.4 Å². The van der Waals surface area contributed by atoms with E-state index in [-0.39, 0.29) is 21.2 Å². The van der Waals surface area contributed by atoms with Crippen molar-refractivity contribution >= 4 is 33.2 Å². The third kappa shape index (κ3) is 3.57. The SMILES string of the molecule is NS(=O)(=O)c1cccc(NC(=O)c2cccc(Cl)c2F)c1. The molecule has 0 aliphatic rings. The summed E-state index contributed by atoms with van der Waals surface area (Å²) < 4.78 is 36.2. The zero-order valence-corrected chi connectivity index (χ0v) is 12.1. The van der Waals surface area contributed by atoms with Gasteiger partial charge in [-0.3, -0.25) is 4.79 Å². The fourth-order valence-electron chi connectivity index (χ4n) is 1.63. The lowest BCUT2D eigenvalue weighted by molar-refractivity contribution is 0.102. The van der Waals surface area contributed by atoms with E-state index in [2.05, 4.69) is 5.32 Å². The van der Waals surface area contributed by atoms with Crippen LogP contribution in [-0.4, -0.2) is 14.3 Å². The molecule has 0 aromatic heterocycles. The van der Waals surface area contributed by atoms with Crippen molar-refractivity contribution in [3.05, 3.63) is 58.9 Å².